The zero-order valence-corrected chi connectivity index (χ0v) is 58.6. The molecule has 7 unspecified atom stereocenters. The van der Waals surface area contributed by atoms with Gasteiger partial charge in [-0.25, -0.2) is 0 Å². The van der Waals surface area contributed by atoms with Gasteiger partial charge < -0.3 is 216 Å². The van der Waals surface area contributed by atoms with Gasteiger partial charge >= 0.3 is 75.4 Å². The molecular formula is C35H65N10O45P10-5. The van der Waals surface area contributed by atoms with Gasteiger partial charge in [-0.1, -0.05) is 0 Å². The molecule has 5 aliphatic rings. The molecule has 5 aliphatic heterocycles. The smallest absolute Gasteiger partial charge is 0.371 e. The van der Waals surface area contributed by atoms with Crippen LogP contribution in [0.25, 0.3) is 0 Å². The van der Waals surface area contributed by atoms with Crippen LogP contribution in [0.3, 0.4) is 0 Å². The van der Waals surface area contributed by atoms with Crippen LogP contribution in [0, 0.1) is 0 Å². The Morgan fingerprint density at radius 2 is 0.390 bits per heavy atom. The first-order valence-electron chi connectivity index (χ1n) is 25.3. The standard InChI is InChI=1S/5C7H14N2O9P2/c5*10-6(11)3-8-1-2-9(5-8)4-7(12,19(13,14)15)20(16,17)18/h5*1-2,12H,3-5H2,(H,10,11)(H2,13,14,15)(H2,16,17,18)/p-5. The van der Waals surface area contributed by atoms with Gasteiger partial charge in [-0.05, 0) is 7.60 Å². The van der Waals surface area contributed by atoms with Gasteiger partial charge in [0.2, 0.25) is 20.3 Å². The summed E-state index contributed by atoms with van der Waals surface area (Å²) >= 11 is 0. The zero-order valence-electron chi connectivity index (χ0n) is 49.7. The third-order valence-corrected chi connectivity index (χ3v) is 30.9. The molecule has 0 saturated heterocycles. The Morgan fingerprint density at radius 3 is 0.510 bits per heavy atom. The van der Waals surface area contributed by atoms with Crippen LogP contribution in [-0.4, -0.2) is 328 Å². The Bertz CT molecular complexity index is 2970. The number of hydrogen-bond acceptors (Lipinski definition) is 35. The van der Waals surface area contributed by atoms with Crippen molar-refractivity contribution in [3.05, 3.63) is 62.0 Å². The van der Waals surface area contributed by atoms with E-state index in [1.165, 1.54) is 61.7 Å². The molecule has 5 heterocycles. The predicted octanol–water partition coefficient (Wildman–Crippen LogP) is -12.6. The van der Waals surface area contributed by atoms with E-state index in [4.69, 9.17) is 98.9 Å². The number of carbonyl (C=O) groups is 5. The molecule has 0 aromatic carbocycles. The fourth-order valence-electron chi connectivity index (χ4n) is 7.57. The summed E-state index contributed by atoms with van der Waals surface area (Å²) in [4.78, 5) is 252. The first kappa shape index (κ1) is 93.4. The quantitative estimate of drug-likeness (QED) is 0.0297. The summed E-state index contributed by atoms with van der Waals surface area (Å²) in [6, 6.07) is 0. The molecular weight excluding hydrogens is 1590 g/mol. The maximum atomic E-state index is 11.1. The minimum Gasteiger partial charge on any atom is -0.808 e. The van der Waals surface area contributed by atoms with Gasteiger partial charge in [0, 0.05) is 62.0 Å². The van der Waals surface area contributed by atoms with E-state index in [2.05, 4.69) is 0 Å². The average molecular weight is 1660 g/mol. The summed E-state index contributed by atoms with van der Waals surface area (Å²) in [5.74, 6) is -5.84. The third kappa shape index (κ3) is 25.9. The van der Waals surface area contributed by atoms with Crippen LogP contribution < -0.4 is 24.5 Å². The summed E-state index contributed by atoms with van der Waals surface area (Å²) in [5.41, 5.74) is 0. The van der Waals surface area contributed by atoms with Crippen LogP contribution in [0.1, 0.15) is 0 Å². The van der Waals surface area contributed by atoms with Crippen molar-refractivity contribution in [2.75, 3.05) is 98.8 Å². The molecule has 7 atom stereocenters. The molecule has 0 aromatic heterocycles. The highest BCUT2D eigenvalue weighted by atomic mass is 31.3. The Balaban J connectivity index is 0.000000625. The molecule has 0 saturated carbocycles. The molecule has 0 fully saturated rings. The van der Waals surface area contributed by atoms with Crippen molar-refractivity contribution in [2.24, 2.45) is 0 Å². The normalized spacial score (nSPS) is 20.2. The fourth-order valence-corrected chi connectivity index (χ4v) is 17.8. The van der Waals surface area contributed by atoms with Crippen LogP contribution in [0.2, 0.25) is 0 Å². The largest absolute Gasteiger partial charge is 0.808 e. The van der Waals surface area contributed by atoms with Gasteiger partial charge in [0.15, 0.2) is 22.8 Å². The van der Waals surface area contributed by atoms with Gasteiger partial charge in [-0.3, -0.25) is 51.4 Å². The van der Waals surface area contributed by atoms with Crippen LogP contribution in [0.4, 0.5) is 0 Å². The van der Waals surface area contributed by atoms with Crippen LogP contribution in [-0.2, 0) is 69.6 Å². The van der Waals surface area contributed by atoms with E-state index >= 15 is 0 Å². The van der Waals surface area contributed by atoms with Crippen LogP contribution in [0.15, 0.2) is 62.0 Å². The highest BCUT2D eigenvalue weighted by Gasteiger charge is 2.61. The molecule has 100 heavy (non-hydrogen) atoms. The van der Waals surface area contributed by atoms with E-state index in [0.29, 0.717) is 0 Å². The van der Waals surface area contributed by atoms with E-state index < -0.39 is 197 Å². The van der Waals surface area contributed by atoms with Crippen LogP contribution >= 0.6 is 76.0 Å². The number of aliphatic hydroxyl groups is 5. The number of rotatable bonds is 30. The monoisotopic (exact) mass is 1660 g/mol. The lowest BCUT2D eigenvalue weighted by Crippen LogP contribution is -2.47. The Kier molecular flexibility index (Phi) is 31.8. The molecule has 0 aromatic rings. The zero-order chi connectivity index (χ0) is 78.8. The second-order valence-corrected chi connectivity index (χ2v) is 40.6. The van der Waals surface area contributed by atoms with Crippen molar-refractivity contribution >= 4 is 106 Å². The number of aliphatic carboxylic acids is 5. The van der Waals surface area contributed by atoms with E-state index in [1.54, 1.807) is 0 Å². The average Bonchev–Trinajstić information content (AvgIpc) is 1.19. The third-order valence-electron chi connectivity index (χ3n) is 12.6. The molecule has 55 nitrogen and oxygen atoms in total. The molecule has 0 spiro atoms. The molecule has 0 amide bonds. The Labute approximate surface area is 558 Å². The van der Waals surface area contributed by atoms with Gasteiger partial charge in [-0.2, -0.15) is 0 Å². The molecule has 580 valence electrons. The summed E-state index contributed by atoms with van der Waals surface area (Å²) in [6.07, 6.45) is 11.9. The van der Waals surface area contributed by atoms with Gasteiger partial charge in [0.05, 0.1) is 66.1 Å². The summed E-state index contributed by atoms with van der Waals surface area (Å²) in [7, 11) is -56.8. The minimum atomic E-state index is -6.03. The van der Waals surface area contributed by atoms with Gasteiger partial charge in [0.25, 0.3) is 5.08 Å². The lowest BCUT2D eigenvalue weighted by Gasteiger charge is -2.46. The van der Waals surface area contributed by atoms with Gasteiger partial charge in [0.1, 0.15) is 32.7 Å². The number of nitrogens with zero attached hydrogens (tertiary/aromatic N) is 10. The second kappa shape index (κ2) is 34.1. The van der Waals surface area contributed by atoms with Crippen molar-refractivity contribution in [2.45, 2.75) is 25.4 Å². The summed E-state index contributed by atoms with van der Waals surface area (Å²) in [5, 5.41) is 72.5. The first-order valence-corrected chi connectivity index (χ1v) is 41.3. The fraction of sp³-hybridized carbons (Fsp3) is 0.571. The lowest BCUT2D eigenvalue weighted by molar-refractivity contribution is -0.326. The number of carboxylic acids is 5. The van der Waals surface area contributed by atoms with E-state index in [9.17, 15) is 120 Å². The lowest BCUT2D eigenvalue weighted by atomic mass is 10.6. The predicted molar refractivity (Wildman–Crippen MR) is 309 cm³/mol. The highest BCUT2D eigenvalue weighted by Crippen LogP contribution is 2.69. The first-order chi connectivity index (χ1) is 44.3. The number of hydrogen-bond donors (Lipinski definition) is 25. The SMILES string of the molecule is O=C(O)CN1C=CN(CC(O)(P(=O)(O)O)P(=O)(O)O)C1.O=C(O)CN1C=CN(CC(O)(P(=O)([O-])O)P(=O)(O)O)C1.O=C(O)CN1C=CN(CC(O)(P(=O)([O-])O)P(=O)(O)O)C1.O=C(O)CN1C=CN(CC(O)(P(=O)([O-])O)P(=O)(O)O)C1.O=C(O)CN1C=CN(CC(O)(P(=O)([O-])[O-])P(=O)(O)O)C1. The molecule has 5 rings (SSSR count). The van der Waals surface area contributed by atoms with Crippen molar-refractivity contribution in [1.29, 1.82) is 0 Å². The molecule has 25 N–H and O–H groups in total. The van der Waals surface area contributed by atoms with Crippen LogP contribution in [0.5, 0.6) is 0 Å². The van der Waals surface area contributed by atoms with Gasteiger partial charge in [-0.15, -0.1) is 0 Å². The van der Waals surface area contributed by atoms with Crippen molar-refractivity contribution in [3.8, 4) is 0 Å². The summed E-state index contributed by atoms with van der Waals surface area (Å²) in [6.45, 7) is -8.72. The van der Waals surface area contributed by atoms with Crippen molar-refractivity contribution in [3.63, 3.8) is 0 Å². The number of carboxylic acid groups (broad SMARTS) is 5. The highest BCUT2D eigenvalue weighted by molar-refractivity contribution is 7.73. The second-order valence-electron chi connectivity index (χ2n) is 20.8. The molecule has 65 heteroatoms. The van der Waals surface area contributed by atoms with E-state index in [1.807, 2.05) is 0 Å². The molecule has 0 radical (unpaired) electrons. The molecule has 0 aliphatic carbocycles. The van der Waals surface area contributed by atoms with E-state index in [-0.39, 0.29) is 33.3 Å². The van der Waals surface area contributed by atoms with Crippen molar-refractivity contribution < 1.29 is 219 Å². The maximum Gasteiger partial charge on any atom is 0.371 e. The summed E-state index contributed by atoms with van der Waals surface area (Å²) < 4.78 is 111. The van der Waals surface area contributed by atoms with E-state index in [0.717, 1.165) is 49.3 Å². The maximum absolute atomic E-state index is 11.1. The topological polar surface area (TPSA) is 910 Å². The minimum absolute atomic E-state index is 0.186. The Morgan fingerprint density at radius 1 is 0.260 bits per heavy atom. The molecule has 0 bridgehead atoms. The Hall–Kier alpha value is -4.65. The number of β-amino-alcohol motifs (C(OH)–C–C–N with tert-alkyl or cyclic N) is 5. The van der Waals surface area contributed by atoms with Crippen molar-refractivity contribution in [1.82, 2.24) is 49.0 Å².